The van der Waals surface area contributed by atoms with Crippen LogP contribution in [0.1, 0.15) is 39.0 Å². The van der Waals surface area contributed by atoms with E-state index in [4.69, 9.17) is 23.7 Å². The van der Waals surface area contributed by atoms with Gasteiger partial charge in [-0.2, -0.15) is 0 Å². The molecule has 1 rings (SSSR count). The largest absolute Gasteiger partial charge is 0.393 e. The first-order valence-electron chi connectivity index (χ1n) is 5.83. The van der Waals surface area contributed by atoms with E-state index in [0.29, 0.717) is 24.0 Å². The number of thiocarbonyl (C=S) groups is 1. The van der Waals surface area contributed by atoms with Crippen molar-refractivity contribution in [3.05, 3.63) is 0 Å². The lowest BCUT2D eigenvalue weighted by Crippen LogP contribution is -2.46. The van der Waals surface area contributed by atoms with E-state index in [1.165, 1.54) is 12.8 Å². The predicted molar refractivity (Wildman–Crippen MR) is 69.0 cm³/mol. The van der Waals surface area contributed by atoms with Crippen LogP contribution in [0.2, 0.25) is 0 Å². The Kier molecular flexibility index (Phi) is 5.15. The Morgan fingerprint density at radius 3 is 2.44 bits per heavy atom. The van der Waals surface area contributed by atoms with Gasteiger partial charge in [0.25, 0.3) is 0 Å². The zero-order chi connectivity index (χ0) is 12.1. The lowest BCUT2D eigenvalue weighted by molar-refractivity contribution is -0.120. The molecule has 1 fully saturated rings. The Bertz CT molecular complexity index is 264. The highest BCUT2D eigenvalue weighted by Gasteiger charge is 2.27. The molecular weight excluding hydrogens is 222 g/mol. The molecule has 1 aliphatic rings. The van der Waals surface area contributed by atoms with Crippen LogP contribution >= 0.6 is 12.2 Å². The molecule has 0 aliphatic heterocycles. The summed E-state index contributed by atoms with van der Waals surface area (Å²) in [6.45, 7) is 2.37. The zero-order valence-corrected chi connectivity index (χ0v) is 10.6. The van der Waals surface area contributed by atoms with Gasteiger partial charge in [0.15, 0.2) is 0 Å². The highest BCUT2D eigenvalue weighted by Crippen LogP contribution is 2.25. The summed E-state index contributed by atoms with van der Waals surface area (Å²) in [5.41, 5.74) is 10.8. The molecule has 0 saturated heterocycles. The van der Waals surface area contributed by atoms with Gasteiger partial charge in [-0.1, -0.05) is 25.1 Å². The number of nitrogens with two attached hydrogens (primary N) is 2. The van der Waals surface area contributed by atoms with Crippen LogP contribution in [0.3, 0.4) is 0 Å². The van der Waals surface area contributed by atoms with E-state index in [2.05, 4.69) is 11.8 Å². The predicted octanol–water partition coefficient (Wildman–Crippen LogP) is 0.781. The van der Waals surface area contributed by atoms with Crippen molar-refractivity contribution in [2.24, 2.45) is 11.5 Å². The van der Waals surface area contributed by atoms with Gasteiger partial charge in [-0.25, -0.2) is 0 Å². The minimum absolute atomic E-state index is 0.202. The maximum Gasteiger partial charge on any atom is 0.231 e. The first kappa shape index (κ1) is 13.4. The summed E-state index contributed by atoms with van der Waals surface area (Å²) in [4.78, 5) is 13.7. The van der Waals surface area contributed by atoms with Gasteiger partial charge in [-0.15, -0.1) is 0 Å². The fourth-order valence-corrected chi connectivity index (χ4v) is 2.71. The van der Waals surface area contributed by atoms with Gasteiger partial charge in [-0.05, 0) is 19.8 Å². The number of carbonyl (C=O) groups is 1. The third-order valence-corrected chi connectivity index (χ3v) is 3.36. The van der Waals surface area contributed by atoms with Gasteiger partial charge in [0.2, 0.25) is 5.91 Å². The van der Waals surface area contributed by atoms with Crippen molar-refractivity contribution < 1.29 is 4.79 Å². The number of rotatable bonds is 6. The average molecular weight is 243 g/mol. The van der Waals surface area contributed by atoms with Crippen molar-refractivity contribution in [2.45, 2.75) is 51.1 Å². The second-order valence-corrected chi connectivity index (χ2v) is 5.12. The third-order valence-electron chi connectivity index (χ3n) is 3.19. The molecule has 4 nitrogen and oxygen atoms in total. The van der Waals surface area contributed by atoms with E-state index in [9.17, 15) is 4.79 Å². The van der Waals surface area contributed by atoms with Crippen molar-refractivity contribution in [1.82, 2.24) is 4.90 Å². The fourth-order valence-electron chi connectivity index (χ4n) is 2.47. The maximum absolute atomic E-state index is 11.1. The summed E-state index contributed by atoms with van der Waals surface area (Å²) in [7, 11) is 0. The number of primary amides is 1. The van der Waals surface area contributed by atoms with Gasteiger partial charge in [0.1, 0.15) is 0 Å². The van der Waals surface area contributed by atoms with E-state index < -0.39 is 0 Å². The summed E-state index contributed by atoms with van der Waals surface area (Å²) < 4.78 is 0. The Labute approximate surface area is 102 Å². The number of amides is 1. The summed E-state index contributed by atoms with van der Waals surface area (Å²) in [5.74, 6) is -0.276. The van der Waals surface area contributed by atoms with Crippen molar-refractivity contribution in [3.63, 3.8) is 0 Å². The molecule has 0 heterocycles. The topological polar surface area (TPSA) is 72.3 Å². The molecule has 0 bridgehead atoms. The quantitative estimate of drug-likeness (QED) is 0.676. The minimum atomic E-state index is -0.276. The van der Waals surface area contributed by atoms with E-state index in [1.807, 2.05) is 0 Å². The number of carbonyl (C=O) groups excluding carboxylic acids is 1. The Morgan fingerprint density at radius 2 is 2.00 bits per heavy atom. The average Bonchev–Trinajstić information content (AvgIpc) is 2.64. The van der Waals surface area contributed by atoms with Crippen molar-refractivity contribution >= 4 is 23.1 Å². The monoisotopic (exact) mass is 243 g/mol. The van der Waals surface area contributed by atoms with Crippen LogP contribution < -0.4 is 11.5 Å². The molecule has 5 heteroatoms. The molecule has 1 saturated carbocycles. The Hall–Kier alpha value is -0.680. The summed E-state index contributed by atoms with van der Waals surface area (Å²) in [6.07, 6.45) is 5.42. The lowest BCUT2D eigenvalue weighted by atomic mass is 10.1. The van der Waals surface area contributed by atoms with E-state index >= 15 is 0 Å². The molecule has 16 heavy (non-hydrogen) atoms. The molecule has 0 aromatic carbocycles. The number of hydrogen-bond donors (Lipinski definition) is 2. The van der Waals surface area contributed by atoms with Crippen LogP contribution in [0.15, 0.2) is 0 Å². The van der Waals surface area contributed by atoms with Crippen molar-refractivity contribution in [1.29, 1.82) is 0 Å². The van der Waals surface area contributed by atoms with Gasteiger partial charge >= 0.3 is 0 Å². The van der Waals surface area contributed by atoms with Crippen LogP contribution in [-0.2, 0) is 4.79 Å². The second-order valence-electron chi connectivity index (χ2n) is 4.60. The van der Waals surface area contributed by atoms with E-state index in [-0.39, 0.29) is 11.9 Å². The van der Waals surface area contributed by atoms with Crippen LogP contribution in [0.5, 0.6) is 0 Å². The Balaban J connectivity index is 2.61. The highest BCUT2D eigenvalue weighted by molar-refractivity contribution is 7.80. The fraction of sp³-hybridized carbons (Fsp3) is 0.818. The first-order valence-corrected chi connectivity index (χ1v) is 6.24. The van der Waals surface area contributed by atoms with Crippen LogP contribution in [0.4, 0.5) is 0 Å². The summed E-state index contributed by atoms with van der Waals surface area (Å²) in [6, 6.07) is 0.671. The van der Waals surface area contributed by atoms with E-state index in [0.717, 1.165) is 12.8 Å². The van der Waals surface area contributed by atoms with Crippen LogP contribution in [0, 0.1) is 0 Å². The normalized spacial score (nSPS) is 18.9. The number of nitrogens with zero attached hydrogens (tertiary/aromatic N) is 1. The molecule has 92 valence electrons. The minimum Gasteiger partial charge on any atom is -0.393 e. The molecule has 1 amide bonds. The van der Waals surface area contributed by atoms with Crippen LogP contribution in [0.25, 0.3) is 0 Å². The summed E-state index contributed by atoms with van der Waals surface area (Å²) in [5, 5.41) is 0. The molecular formula is C11H21N3OS. The van der Waals surface area contributed by atoms with Crippen molar-refractivity contribution in [2.75, 3.05) is 6.54 Å². The second kappa shape index (κ2) is 6.15. The standard InChI is InChI=1S/C11H21N3OS/c1-8(6-11(13)16)14(7-10(12)15)9-4-2-3-5-9/h8-9H,2-7H2,1H3,(H2,12,15)(H2,13,16). The molecule has 1 unspecified atom stereocenters. The molecule has 0 radical (unpaired) electrons. The van der Waals surface area contributed by atoms with Gasteiger partial charge in [-0.3, -0.25) is 9.69 Å². The lowest BCUT2D eigenvalue weighted by Gasteiger charge is -2.33. The SMILES string of the molecule is CC(CC(N)=S)N(CC(N)=O)C1CCCC1. The maximum atomic E-state index is 11.1. The molecule has 0 aromatic rings. The van der Waals surface area contributed by atoms with Gasteiger partial charge in [0.05, 0.1) is 11.5 Å². The highest BCUT2D eigenvalue weighted by atomic mass is 32.1. The van der Waals surface area contributed by atoms with Crippen LogP contribution in [-0.4, -0.2) is 34.4 Å². The van der Waals surface area contributed by atoms with Gasteiger partial charge < -0.3 is 11.5 Å². The molecule has 4 N–H and O–H groups in total. The smallest absolute Gasteiger partial charge is 0.231 e. The molecule has 1 atom stereocenters. The molecule has 0 spiro atoms. The van der Waals surface area contributed by atoms with E-state index in [1.54, 1.807) is 0 Å². The number of hydrogen-bond acceptors (Lipinski definition) is 3. The van der Waals surface area contributed by atoms with Gasteiger partial charge in [0, 0.05) is 18.5 Å². The van der Waals surface area contributed by atoms with Crippen molar-refractivity contribution in [3.8, 4) is 0 Å². The molecule has 0 aromatic heterocycles. The Morgan fingerprint density at radius 1 is 1.44 bits per heavy atom. The third kappa shape index (κ3) is 4.06. The summed E-state index contributed by atoms with van der Waals surface area (Å²) >= 11 is 4.91. The zero-order valence-electron chi connectivity index (χ0n) is 9.82. The first-order chi connectivity index (χ1) is 7.50. The molecule has 1 aliphatic carbocycles.